The fourth-order valence-electron chi connectivity index (χ4n) is 4.88. The van der Waals surface area contributed by atoms with Crippen molar-refractivity contribution in [1.82, 2.24) is 10.2 Å². The Morgan fingerprint density at radius 3 is 2.24 bits per heavy atom. The average Bonchev–Trinajstić information content (AvgIpc) is 3.06. The number of rotatable bonds is 13. The maximum Gasteiger partial charge on any atom is 0.273 e. The van der Waals surface area contributed by atoms with Crippen LogP contribution < -0.4 is 14.4 Å². The van der Waals surface area contributed by atoms with Crippen LogP contribution in [0.1, 0.15) is 16.7 Å². The summed E-state index contributed by atoms with van der Waals surface area (Å²) in [4.78, 5) is 39.7. The lowest BCUT2D eigenvalue weighted by molar-refractivity contribution is -0.385. The van der Waals surface area contributed by atoms with Crippen LogP contribution in [-0.2, 0) is 32.6 Å². The third-order valence-electron chi connectivity index (χ3n) is 7.42. The predicted molar refractivity (Wildman–Crippen MR) is 175 cm³/mol. The van der Waals surface area contributed by atoms with Gasteiger partial charge in [0.1, 0.15) is 18.3 Å². The summed E-state index contributed by atoms with van der Waals surface area (Å²) in [6.07, 6.45) is 0.135. The van der Waals surface area contributed by atoms with Crippen LogP contribution in [0.2, 0.25) is 5.02 Å². The first-order valence-electron chi connectivity index (χ1n) is 14.2. The zero-order valence-electron chi connectivity index (χ0n) is 25.4. The fourth-order valence-corrected chi connectivity index (χ4v) is 6.51. The highest BCUT2D eigenvalue weighted by atomic mass is 35.5. The third kappa shape index (κ3) is 7.82. The van der Waals surface area contributed by atoms with Gasteiger partial charge in [-0.05, 0) is 54.4 Å². The second-order valence-corrected chi connectivity index (χ2v) is 12.6. The number of benzene rings is 4. The van der Waals surface area contributed by atoms with E-state index in [1.54, 1.807) is 24.3 Å². The average molecular weight is 665 g/mol. The van der Waals surface area contributed by atoms with Crippen LogP contribution in [0.25, 0.3) is 0 Å². The standard InChI is InChI=1S/C33H33ClN4O7S/c1-23-13-18-28(20-30(23)38(41)42)46(43,44)37(26-14-16-27(45-3)17-15-26)22-32(39)36(21-25-11-7-8-12-29(25)34)31(33(40)35-2)19-24-9-5-4-6-10-24/h4-18,20,31H,19,21-22H2,1-3H3,(H,35,40). The van der Waals surface area contributed by atoms with Crippen molar-refractivity contribution in [1.29, 1.82) is 0 Å². The number of carbonyl (C=O) groups excluding carboxylic acids is 2. The van der Waals surface area contributed by atoms with E-state index in [0.717, 1.165) is 15.9 Å². The molecule has 0 heterocycles. The normalized spacial score (nSPS) is 11.7. The van der Waals surface area contributed by atoms with E-state index in [2.05, 4.69) is 5.32 Å². The fraction of sp³-hybridized carbons (Fsp3) is 0.212. The van der Waals surface area contributed by atoms with E-state index in [4.69, 9.17) is 16.3 Å². The number of nitrogens with one attached hydrogen (secondary N) is 1. The lowest BCUT2D eigenvalue weighted by Gasteiger charge is -2.33. The minimum Gasteiger partial charge on any atom is -0.497 e. The molecule has 1 N–H and O–H groups in total. The maximum atomic E-state index is 14.4. The number of hydrogen-bond acceptors (Lipinski definition) is 7. The van der Waals surface area contributed by atoms with Crippen molar-refractivity contribution in [2.24, 2.45) is 0 Å². The molecule has 240 valence electrons. The van der Waals surface area contributed by atoms with Gasteiger partial charge in [-0.3, -0.25) is 24.0 Å². The smallest absolute Gasteiger partial charge is 0.273 e. The molecule has 1 atom stereocenters. The third-order valence-corrected chi connectivity index (χ3v) is 9.56. The van der Waals surface area contributed by atoms with E-state index >= 15 is 0 Å². The van der Waals surface area contributed by atoms with E-state index in [-0.39, 0.29) is 34.8 Å². The molecule has 4 aromatic carbocycles. The molecule has 0 aromatic heterocycles. The number of carbonyl (C=O) groups is 2. The summed E-state index contributed by atoms with van der Waals surface area (Å²) >= 11 is 6.48. The largest absolute Gasteiger partial charge is 0.497 e. The van der Waals surface area contributed by atoms with E-state index in [0.29, 0.717) is 16.3 Å². The lowest BCUT2D eigenvalue weighted by atomic mass is 10.0. The zero-order valence-corrected chi connectivity index (χ0v) is 27.0. The van der Waals surface area contributed by atoms with Crippen molar-refractivity contribution in [3.05, 3.63) is 129 Å². The second kappa shape index (κ2) is 14.9. The minimum atomic E-state index is -4.55. The molecule has 0 aliphatic carbocycles. The molecule has 0 saturated carbocycles. The highest BCUT2D eigenvalue weighted by Crippen LogP contribution is 2.30. The molecule has 4 rings (SSSR count). The molecule has 2 amide bonds. The van der Waals surface area contributed by atoms with E-state index in [1.165, 1.54) is 62.4 Å². The number of nitro groups is 1. The predicted octanol–water partition coefficient (Wildman–Crippen LogP) is 5.15. The number of likely N-dealkylation sites (N-methyl/N-ethyl adjacent to an activating group) is 1. The Bertz CT molecular complexity index is 1820. The quantitative estimate of drug-likeness (QED) is 0.154. The maximum absolute atomic E-state index is 14.4. The number of aryl methyl sites for hydroxylation is 1. The van der Waals surface area contributed by atoms with Crippen LogP contribution in [0.5, 0.6) is 5.75 Å². The Hall–Kier alpha value is -4.94. The summed E-state index contributed by atoms with van der Waals surface area (Å²) in [6.45, 7) is 0.663. The number of ether oxygens (including phenoxy) is 1. The first-order valence-corrected chi connectivity index (χ1v) is 16.0. The summed E-state index contributed by atoms with van der Waals surface area (Å²) in [7, 11) is -1.64. The molecule has 4 aromatic rings. The lowest BCUT2D eigenvalue weighted by Crippen LogP contribution is -2.53. The summed E-state index contributed by atoms with van der Waals surface area (Å²) in [5.41, 5.74) is 1.32. The SMILES string of the molecule is CNC(=O)C(Cc1ccccc1)N(Cc1ccccc1Cl)C(=O)CN(c1ccc(OC)cc1)S(=O)(=O)c1ccc(C)c([N+](=O)[O-])c1. The van der Waals surface area contributed by atoms with Crippen molar-refractivity contribution in [3.8, 4) is 5.75 Å². The van der Waals surface area contributed by atoms with Crippen molar-refractivity contribution in [3.63, 3.8) is 0 Å². The van der Waals surface area contributed by atoms with Gasteiger partial charge in [-0.1, -0.05) is 66.2 Å². The molecular weight excluding hydrogens is 632 g/mol. The molecule has 11 nitrogen and oxygen atoms in total. The number of hydrogen-bond donors (Lipinski definition) is 1. The zero-order chi connectivity index (χ0) is 33.4. The number of sulfonamides is 1. The van der Waals surface area contributed by atoms with Crippen molar-refractivity contribution < 1.29 is 27.7 Å². The number of nitrogens with zero attached hydrogens (tertiary/aromatic N) is 3. The van der Waals surface area contributed by atoms with Gasteiger partial charge in [0.2, 0.25) is 11.8 Å². The Kier molecular flexibility index (Phi) is 11.0. The Morgan fingerprint density at radius 2 is 1.63 bits per heavy atom. The van der Waals surface area contributed by atoms with E-state index in [1.807, 2.05) is 30.3 Å². The number of amides is 2. The number of methoxy groups -OCH3 is 1. The molecule has 0 radical (unpaired) electrons. The van der Waals surface area contributed by atoms with Gasteiger partial charge in [0.05, 0.1) is 22.6 Å². The molecule has 0 fully saturated rings. The molecule has 0 bridgehead atoms. The van der Waals surface area contributed by atoms with Crippen LogP contribution in [0.4, 0.5) is 11.4 Å². The summed E-state index contributed by atoms with van der Waals surface area (Å²) < 4.78 is 34.5. The Morgan fingerprint density at radius 1 is 0.978 bits per heavy atom. The molecule has 13 heteroatoms. The van der Waals surface area contributed by atoms with Crippen molar-refractivity contribution >= 4 is 44.8 Å². The van der Waals surface area contributed by atoms with Gasteiger partial charge in [-0.15, -0.1) is 0 Å². The van der Waals surface area contributed by atoms with Crippen LogP contribution in [0, 0.1) is 17.0 Å². The molecular formula is C33H33ClN4O7S. The van der Waals surface area contributed by atoms with Gasteiger partial charge in [0, 0.05) is 36.7 Å². The monoisotopic (exact) mass is 664 g/mol. The van der Waals surface area contributed by atoms with Crippen LogP contribution in [0.15, 0.2) is 102 Å². The summed E-state index contributed by atoms with van der Waals surface area (Å²) in [5.74, 6) is -0.719. The first kappa shape index (κ1) is 33.9. The van der Waals surface area contributed by atoms with Gasteiger partial charge in [0.15, 0.2) is 0 Å². The number of anilines is 1. The topological polar surface area (TPSA) is 139 Å². The second-order valence-electron chi connectivity index (χ2n) is 10.3. The first-order chi connectivity index (χ1) is 22.0. The van der Waals surface area contributed by atoms with Crippen LogP contribution in [-0.4, -0.2) is 56.8 Å². The van der Waals surface area contributed by atoms with E-state index in [9.17, 15) is 28.1 Å². The highest BCUT2D eigenvalue weighted by molar-refractivity contribution is 7.92. The van der Waals surface area contributed by atoms with Crippen molar-refractivity contribution in [2.75, 3.05) is 25.0 Å². The molecule has 0 aliphatic rings. The summed E-state index contributed by atoms with van der Waals surface area (Å²) in [6, 6.07) is 24.5. The van der Waals surface area contributed by atoms with Crippen LogP contribution >= 0.6 is 11.6 Å². The number of nitro benzene ring substituents is 1. The molecule has 0 aliphatic heterocycles. The van der Waals surface area contributed by atoms with Gasteiger partial charge in [-0.2, -0.15) is 0 Å². The Labute approximate surface area is 272 Å². The highest BCUT2D eigenvalue weighted by Gasteiger charge is 2.35. The van der Waals surface area contributed by atoms with Crippen molar-refractivity contribution in [2.45, 2.75) is 30.8 Å². The number of halogens is 1. The van der Waals surface area contributed by atoms with Crippen LogP contribution in [0.3, 0.4) is 0 Å². The Balaban J connectivity index is 1.83. The van der Waals surface area contributed by atoms with Gasteiger partial charge in [-0.25, -0.2) is 8.42 Å². The minimum absolute atomic E-state index is 0.101. The molecule has 0 saturated heterocycles. The molecule has 46 heavy (non-hydrogen) atoms. The van der Waals surface area contributed by atoms with Gasteiger partial charge in [0.25, 0.3) is 15.7 Å². The van der Waals surface area contributed by atoms with E-state index < -0.39 is 39.3 Å². The van der Waals surface area contributed by atoms with Gasteiger partial charge < -0.3 is 15.0 Å². The summed E-state index contributed by atoms with van der Waals surface area (Å²) in [5, 5.41) is 14.7. The molecule has 1 unspecified atom stereocenters. The molecule has 0 spiro atoms. The van der Waals surface area contributed by atoms with Gasteiger partial charge >= 0.3 is 0 Å².